The Bertz CT molecular complexity index is 2880. The van der Waals surface area contributed by atoms with Crippen LogP contribution in [0, 0.1) is 0 Å². The highest BCUT2D eigenvalue weighted by molar-refractivity contribution is 6.02. The number of pyridine rings is 1. The van der Waals surface area contributed by atoms with Crippen molar-refractivity contribution in [2.75, 3.05) is 0 Å². The molecule has 4 nitrogen and oxygen atoms in total. The lowest BCUT2D eigenvalue weighted by molar-refractivity contribution is 0.661. The highest BCUT2D eigenvalue weighted by atomic mass is 15.0. The summed E-state index contributed by atoms with van der Waals surface area (Å²) in [6.07, 6.45) is 3.62. The van der Waals surface area contributed by atoms with Crippen molar-refractivity contribution in [2.24, 2.45) is 0 Å². The topological polar surface area (TPSA) is 51.6 Å². The van der Waals surface area contributed by atoms with Gasteiger partial charge in [0.1, 0.15) is 0 Å². The maximum Gasteiger partial charge on any atom is 0.164 e. The number of benzene rings is 7. The minimum atomic E-state index is -0.0969. The van der Waals surface area contributed by atoms with Gasteiger partial charge in [0.25, 0.3) is 0 Å². The third-order valence-electron chi connectivity index (χ3n) is 11.0. The van der Waals surface area contributed by atoms with E-state index in [1.165, 1.54) is 44.2 Å². The van der Waals surface area contributed by atoms with Crippen molar-refractivity contribution in [2.45, 2.75) is 19.3 Å². The van der Waals surface area contributed by atoms with Crippen molar-refractivity contribution < 1.29 is 0 Å². The molecule has 0 saturated heterocycles. The monoisotopic (exact) mass is 704 g/mol. The van der Waals surface area contributed by atoms with E-state index < -0.39 is 0 Å². The largest absolute Gasteiger partial charge is 0.265 e. The summed E-state index contributed by atoms with van der Waals surface area (Å²) >= 11 is 0. The van der Waals surface area contributed by atoms with Crippen LogP contribution >= 0.6 is 0 Å². The maximum absolute atomic E-state index is 5.05. The molecule has 1 aliphatic rings. The first-order valence-corrected chi connectivity index (χ1v) is 18.7. The third-order valence-corrected chi connectivity index (χ3v) is 11.0. The molecule has 0 atom stereocenters. The maximum atomic E-state index is 5.05. The fourth-order valence-corrected chi connectivity index (χ4v) is 8.11. The first-order valence-electron chi connectivity index (χ1n) is 18.7. The molecular formula is C51H36N4. The molecule has 1 aliphatic carbocycles. The Balaban J connectivity index is 1.02. The normalized spacial score (nSPS) is 12.7. The second-order valence-electron chi connectivity index (χ2n) is 14.7. The molecule has 7 aromatic carbocycles. The molecule has 260 valence electrons. The summed E-state index contributed by atoms with van der Waals surface area (Å²) in [5.74, 6) is 1.90. The minimum absolute atomic E-state index is 0.0969. The Hall–Kier alpha value is -7.04. The summed E-state index contributed by atoms with van der Waals surface area (Å²) in [7, 11) is 0. The average molecular weight is 705 g/mol. The van der Waals surface area contributed by atoms with Crippen LogP contribution in [0.15, 0.2) is 182 Å². The summed E-state index contributed by atoms with van der Waals surface area (Å²) in [5, 5.41) is 2.60. The molecule has 0 spiro atoms. The SMILES string of the molecule is CC1(C)c2cc(-c3cccc(-c4cccc(-c5nc(-c6ccccc6)nc(-c6ccc(-c7ccncc7)cc6)n5)c4)c3)ccc2-c2c1ccc1ccccc21. The molecule has 0 amide bonds. The number of hydrogen-bond acceptors (Lipinski definition) is 4. The third kappa shape index (κ3) is 5.80. The van der Waals surface area contributed by atoms with E-state index >= 15 is 0 Å². The van der Waals surface area contributed by atoms with Crippen molar-refractivity contribution in [3.8, 4) is 78.7 Å². The van der Waals surface area contributed by atoms with E-state index in [9.17, 15) is 0 Å². The molecule has 0 N–H and O–H groups in total. The van der Waals surface area contributed by atoms with Crippen molar-refractivity contribution in [3.05, 3.63) is 193 Å². The predicted molar refractivity (Wildman–Crippen MR) is 225 cm³/mol. The van der Waals surface area contributed by atoms with Crippen LogP contribution < -0.4 is 0 Å². The zero-order valence-corrected chi connectivity index (χ0v) is 30.6. The lowest BCUT2D eigenvalue weighted by Crippen LogP contribution is -2.15. The van der Waals surface area contributed by atoms with E-state index in [0.717, 1.165) is 38.9 Å². The first kappa shape index (κ1) is 32.6. The molecule has 0 unspecified atom stereocenters. The van der Waals surface area contributed by atoms with Crippen LogP contribution in [0.4, 0.5) is 0 Å². The second-order valence-corrected chi connectivity index (χ2v) is 14.7. The van der Waals surface area contributed by atoms with E-state index in [4.69, 9.17) is 15.0 Å². The van der Waals surface area contributed by atoms with Crippen LogP contribution in [0.2, 0.25) is 0 Å². The Labute approximate surface area is 320 Å². The van der Waals surface area contributed by atoms with Crippen LogP contribution in [0.5, 0.6) is 0 Å². The van der Waals surface area contributed by atoms with Gasteiger partial charge >= 0.3 is 0 Å². The lowest BCUT2D eigenvalue weighted by Gasteiger charge is -2.22. The van der Waals surface area contributed by atoms with Gasteiger partial charge in [-0.2, -0.15) is 0 Å². The summed E-state index contributed by atoms with van der Waals surface area (Å²) < 4.78 is 0. The number of fused-ring (bicyclic) bond motifs is 5. The number of hydrogen-bond donors (Lipinski definition) is 0. The smallest absolute Gasteiger partial charge is 0.164 e. The average Bonchev–Trinajstić information content (AvgIpc) is 3.49. The molecule has 0 fully saturated rings. The Morgan fingerprint density at radius 1 is 0.364 bits per heavy atom. The molecule has 2 heterocycles. The molecule has 0 radical (unpaired) electrons. The molecular weight excluding hydrogens is 669 g/mol. The van der Waals surface area contributed by atoms with Crippen molar-refractivity contribution in [1.82, 2.24) is 19.9 Å². The summed E-state index contributed by atoms with van der Waals surface area (Å²) in [6.45, 7) is 4.71. The van der Waals surface area contributed by atoms with E-state index in [-0.39, 0.29) is 5.41 Å². The van der Waals surface area contributed by atoms with E-state index in [0.29, 0.717) is 17.5 Å². The molecule has 0 bridgehead atoms. The molecule has 9 aromatic rings. The van der Waals surface area contributed by atoms with E-state index in [1.807, 2.05) is 54.9 Å². The van der Waals surface area contributed by atoms with Gasteiger partial charge in [-0.3, -0.25) is 4.98 Å². The molecule has 10 rings (SSSR count). The van der Waals surface area contributed by atoms with E-state index in [2.05, 4.69) is 146 Å². The summed E-state index contributed by atoms with van der Waals surface area (Å²) in [5.41, 5.74) is 15.0. The quantitative estimate of drug-likeness (QED) is 0.173. The zero-order chi connectivity index (χ0) is 36.9. The van der Waals surface area contributed by atoms with Crippen LogP contribution in [-0.2, 0) is 5.41 Å². The number of aromatic nitrogens is 4. The number of rotatable bonds is 6. The van der Waals surface area contributed by atoms with Gasteiger partial charge in [-0.1, -0.05) is 153 Å². The molecule has 55 heavy (non-hydrogen) atoms. The van der Waals surface area contributed by atoms with Crippen molar-refractivity contribution in [1.29, 1.82) is 0 Å². The molecule has 0 aliphatic heterocycles. The highest BCUT2D eigenvalue weighted by Crippen LogP contribution is 2.52. The fourth-order valence-electron chi connectivity index (χ4n) is 8.11. The fraction of sp³-hybridized carbons (Fsp3) is 0.0588. The first-order chi connectivity index (χ1) is 27.0. The van der Waals surface area contributed by atoms with Crippen LogP contribution in [0.3, 0.4) is 0 Å². The van der Waals surface area contributed by atoms with Crippen molar-refractivity contribution in [3.63, 3.8) is 0 Å². The van der Waals surface area contributed by atoms with Gasteiger partial charge in [-0.25, -0.2) is 15.0 Å². The zero-order valence-electron chi connectivity index (χ0n) is 30.6. The van der Waals surface area contributed by atoms with Gasteiger partial charge in [-0.15, -0.1) is 0 Å². The Kier molecular flexibility index (Phi) is 7.77. The molecule has 2 aromatic heterocycles. The Morgan fingerprint density at radius 2 is 0.873 bits per heavy atom. The van der Waals surface area contributed by atoms with Crippen LogP contribution in [-0.4, -0.2) is 19.9 Å². The van der Waals surface area contributed by atoms with Gasteiger partial charge in [0.15, 0.2) is 17.5 Å². The molecule has 4 heteroatoms. The van der Waals surface area contributed by atoms with Gasteiger partial charge in [0.05, 0.1) is 0 Å². The minimum Gasteiger partial charge on any atom is -0.265 e. The van der Waals surface area contributed by atoms with E-state index in [1.54, 1.807) is 0 Å². The molecule has 0 saturated carbocycles. The van der Waals surface area contributed by atoms with Gasteiger partial charge in [0.2, 0.25) is 0 Å². The summed E-state index contributed by atoms with van der Waals surface area (Å²) in [6, 6.07) is 60.2. The predicted octanol–water partition coefficient (Wildman–Crippen LogP) is 12.7. The van der Waals surface area contributed by atoms with Gasteiger partial charge in [0, 0.05) is 34.5 Å². The van der Waals surface area contributed by atoms with Gasteiger partial charge in [-0.05, 0) is 96.7 Å². The number of nitrogens with zero attached hydrogens (tertiary/aromatic N) is 4. The second kappa shape index (κ2) is 13.1. The highest BCUT2D eigenvalue weighted by Gasteiger charge is 2.36. The van der Waals surface area contributed by atoms with Gasteiger partial charge < -0.3 is 0 Å². The van der Waals surface area contributed by atoms with Crippen molar-refractivity contribution >= 4 is 10.8 Å². The Morgan fingerprint density at radius 3 is 1.58 bits per heavy atom. The lowest BCUT2D eigenvalue weighted by atomic mass is 9.81. The van der Waals surface area contributed by atoms with Crippen LogP contribution in [0.1, 0.15) is 25.0 Å². The van der Waals surface area contributed by atoms with Crippen LogP contribution in [0.25, 0.3) is 89.4 Å². The summed E-state index contributed by atoms with van der Waals surface area (Å²) in [4.78, 5) is 19.2. The standard InChI is InChI=1S/C51H36N4/c1-51(2)45-25-23-35-10-6-7-17-43(35)47(45)44-24-22-41(32-46(44)51)39-14-8-13-38(30-39)40-15-9-16-42(31-40)50-54-48(36-11-4-3-5-12-36)53-49(55-50)37-20-18-33(19-21-37)34-26-28-52-29-27-34/h3-32H,1-2H3.